The number of para-hydroxylation sites is 1. The van der Waals surface area contributed by atoms with Gasteiger partial charge in [0.15, 0.2) is 0 Å². The fourth-order valence-electron chi connectivity index (χ4n) is 3.34. The highest BCUT2D eigenvalue weighted by atomic mass is 32.1. The molecule has 0 aliphatic carbocycles. The number of aromatic amines is 1. The predicted molar refractivity (Wildman–Crippen MR) is 128 cm³/mol. The van der Waals surface area contributed by atoms with Gasteiger partial charge in [-0.25, -0.2) is 4.79 Å². The van der Waals surface area contributed by atoms with Gasteiger partial charge in [-0.3, -0.25) is 14.4 Å². The molecule has 0 saturated heterocycles. The largest absolute Gasteiger partial charge is 0.480 e. The molecule has 2 rings (SSSR count). The Morgan fingerprint density at radius 1 is 1.09 bits per heavy atom. The van der Waals surface area contributed by atoms with Gasteiger partial charge in [0.25, 0.3) is 0 Å². The number of carbonyl (C=O) groups excluding carboxylic acids is 3. The molecule has 0 fully saturated rings. The third kappa shape index (κ3) is 7.79. The van der Waals surface area contributed by atoms with Crippen molar-refractivity contribution in [3.8, 4) is 0 Å². The van der Waals surface area contributed by atoms with E-state index >= 15 is 0 Å². The molecule has 0 bridgehead atoms. The minimum atomic E-state index is -1.23. The number of carboxylic acid groups (broad SMARTS) is 1. The summed E-state index contributed by atoms with van der Waals surface area (Å²) in [4.78, 5) is 51.7. The van der Waals surface area contributed by atoms with Crippen molar-refractivity contribution in [2.75, 3.05) is 12.3 Å². The molecule has 1 heterocycles. The zero-order chi connectivity index (χ0) is 24.5. The second kappa shape index (κ2) is 12.3. The van der Waals surface area contributed by atoms with E-state index in [9.17, 15) is 19.2 Å². The van der Waals surface area contributed by atoms with Crippen molar-refractivity contribution in [3.63, 3.8) is 0 Å². The molecule has 3 unspecified atom stereocenters. The number of amides is 3. The molecule has 0 aliphatic heterocycles. The molecule has 180 valence electrons. The Labute approximate surface area is 197 Å². The van der Waals surface area contributed by atoms with Crippen molar-refractivity contribution in [2.45, 2.75) is 44.8 Å². The first-order valence-electron chi connectivity index (χ1n) is 10.6. The van der Waals surface area contributed by atoms with E-state index in [-0.39, 0.29) is 18.1 Å². The number of nitrogens with one attached hydrogen (secondary N) is 4. The minimum absolute atomic E-state index is 0.0952. The fourth-order valence-corrected chi connectivity index (χ4v) is 3.59. The SMILES string of the molecule is CC(C)CC(N)C(=O)NC(Cc1c[nH]c2ccccc12)C(=O)NCC(=O)NC(CS)C(=O)O. The Morgan fingerprint density at radius 3 is 2.42 bits per heavy atom. The number of thiol groups is 1. The van der Waals surface area contributed by atoms with E-state index in [2.05, 4.69) is 33.6 Å². The molecule has 3 amide bonds. The monoisotopic (exact) mass is 477 g/mol. The number of carbonyl (C=O) groups is 4. The van der Waals surface area contributed by atoms with Gasteiger partial charge in [-0.05, 0) is 24.0 Å². The van der Waals surface area contributed by atoms with E-state index in [0.29, 0.717) is 6.42 Å². The van der Waals surface area contributed by atoms with Crippen LogP contribution in [-0.2, 0) is 25.6 Å². The van der Waals surface area contributed by atoms with E-state index in [4.69, 9.17) is 10.8 Å². The fraction of sp³-hybridized carbons (Fsp3) is 0.455. The summed E-state index contributed by atoms with van der Waals surface area (Å²) in [6.45, 7) is 3.43. The van der Waals surface area contributed by atoms with Crippen LogP contribution in [0.25, 0.3) is 10.9 Å². The maximum Gasteiger partial charge on any atom is 0.327 e. The van der Waals surface area contributed by atoms with E-state index in [1.807, 2.05) is 38.1 Å². The lowest BCUT2D eigenvalue weighted by Gasteiger charge is -2.21. The van der Waals surface area contributed by atoms with Crippen molar-refractivity contribution in [1.29, 1.82) is 0 Å². The zero-order valence-corrected chi connectivity index (χ0v) is 19.5. The highest BCUT2D eigenvalue weighted by Crippen LogP contribution is 2.19. The van der Waals surface area contributed by atoms with Gasteiger partial charge < -0.3 is 31.8 Å². The molecule has 11 heteroatoms. The summed E-state index contributed by atoms with van der Waals surface area (Å²) >= 11 is 3.88. The molecule has 0 spiro atoms. The van der Waals surface area contributed by atoms with Crippen LogP contribution in [0.1, 0.15) is 25.8 Å². The molecule has 3 atom stereocenters. The topological polar surface area (TPSA) is 166 Å². The Balaban J connectivity index is 2.12. The lowest BCUT2D eigenvalue weighted by molar-refractivity contribution is -0.141. The van der Waals surface area contributed by atoms with Crippen LogP contribution in [-0.4, -0.2) is 64.2 Å². The molecule has 2 aromatic rings. The number of hydrogen-bond donors (Lipinski definition) is 7. The van der Waals surface area contributed by atoms with E-state index in [1.54, 1.807) is 6.20 Å². The van der Waals surface area contributed by atoms with Gasteiger partial charge in [-0.15, -0.1) is 0 Å². The van der Waals surface area contributed by atoms with Crippen LogP contribution in [0, 0.1) is 5.92 Å². The van der Waals surface area contributed by atoms with Crippen molar-refractivity contribution < 1.29 is 24.3 Å². The molecule has 0 radical (unpaired) electrons. The molecule has 1 aromatic heterocycles. The van der Waals surface area contributed by atoms with E-state index in [1.165, 1.54) is 0 Å². The first kappa shape index (κ1) is 26.2. The number of rotatable bonds is 12. The maximum atomic E-state index is 12.9. The number of aromatic nitrogens is 1. The minimum Gasteiger partial charge on any atom is -0.480 e. The molecule has 7 N–H and O–H groups in total. The Bertz CT molecular complexity index is 992. The number of fused-ring (bicyclic) bond motifs is 1. The van der Waals surface area contributed by atoms with Gasteiger partial charge in [0, 0.05) is 29.3 Å². The van der Waals surface area contributed by atoms with E-state index < -0.39 is 48.4 Å². The van der Waals surface area contributed by atoms with Crippen molar-refractivity contribution in [3.05, 3.63) is 36.0 Å². The smallest absolute Gasteiger partial charge is 0.327 e. The van der Waals surface area contributed by atoms with Crippen molar-refractivity contribution in [2.24, 2.45) is 11.7 Å². The van der Waals surface area contributed by atoms with Crippen molar-refractivity contribution >= 4 is 47.2 Å². The first-order chi connectivity index (χ1) is 15.6. The lowest BCUT2D eigenvalue weighted by Crippen LogP contribution is -2.54. The van der Waals surface area contributed by atoms with Gasteiger partial charge in [0.1, 0.15) is 12.1 Å². The highest BCUT2D eigenvalue weighted by molar-refractivity contribution is 7.80. The molecular weight excluding hydrogens is 446 g/mol. The Morgan fingerprint density at radius 2 is 1.79 bits per heavy atom. The zero-order valence-electron chi connectivity index (χ0n) is 18.6. The summed E-state index contributed by atoms with van der Waals surface area (Å²) in [6, 6.07) is 4.62. The summed E-state index contributed by atoms with van der Waals surface area (Å²) in [5.41, 5.74) is 7.68. The predicted octanol–water partition coefficient (Wildman–Crippen LogP) is 0.184. The normalized spacial score (nSPS) is 13.8. The quantitative estimate of drug-likeness (QED) is 0.215. The number of H-pyrrole nitrogens is 1. The second-order valence-electron chi connectivity index (χ2n) is 8.22. The highest BCUT2D eigenvalue weighted by Gasteiger charge is 2.26. The van der Waals surface area contributed by atoms with Gasteiger partial charge in [-0.1, -0.05) is 32.0 Å². The van der Waals surface area contributed by atoms with Crippen LogP contribution in [0.15, 0.2) is 30.5 Å². The number of aliphatic carboxylic acids is 1. The van der Waals surface area contributed by atoms with Crippen molar-refractivity contribution in [1.82, 2.24) is 20.9 Å². The summed E-state index contributed by atoms with van der Waals surface area (Å²) in [6.07, 6.45) is 2.39. The number of benzene rings is 1. The first-order valence-corrected chi connectivity index (χ1v) is 11.3. The summed E-state index contributed by atoms with van der Waals surface area (Å²) < 4.78 is 0. The molecular formula is C22H31N5O5S. The molecule has 1 aromatic carbocycles. The maximum absolute atomic E-state index is 12.9. The van der Waals surface area contributed by atoms with Gasteiger partial charge in [0.2, 0.25) is 17.7 Å². The third-order valence-electron chi connectivity index (χ3n) is 5.03. The van der Waals surface area contributed by atoms with Crippen LogP contribution < -0.4 is 21.7 Å². The Kier molecular flexibility index (Phi) is 9.74. The van der Waals surface area contributed by atoms with Gasteiger partial charge in [0.05, 0.1) is 12.6 Å². The lowest BCUT2D eigenvalue weighted by atomic mass is 10.0. The molecule has 0 saturated carbocycles. The van der Waals surface area contributed by atoms with Crippen LogP contribution in [0.5, 0.6) is 0 Å². The summed E-state index contributed by atoms with van der Waals surface area (Å²) in [5, 5.41) is 17.3. The number of carboxylic acids is 1. The molecule has 33 heavy (non-hydrogen) atoms. The second-order valence-corrected chi connectivity index (χ2v) is 8.58. The van der Waals surface area contributed by atoms with Crippen LogP contribution in [0.4, 0.5) is 0 Å². The summed E-state index contributed by atoms with van der Waals surface area (Å²) in [7, 11) is 0. The standard InChI is InChI=1S/C22H31N5O5S/c1-12(2)7-15(23)20(29)27-17(8-13-9-24-16-6-4-3-5-14(13)16)21(30)25-10-19(28)26-18(11-33)22(31)32/h3-6,9,12,15,17-18,24,33H,7-8,10-11,23H2,1-2H3,(H,25,30)(H,26,28)(H,27,29)(H,31,32). The van der Waals surface area contributed by atoms with Crippen LogP contribution in [0.3, 0.4) is 0 Å². The average Bonchev–Trinajstić information content (AvgIpc) is 3.17. The molecule has 10 nitrogen and oxygen atoms in total. The molecule has 0 aliphatic rings. The average molecular weight is 478 g/mol. The van der Waals surface area contributed by atoms with Gasteiger partial charge in [-0.2, -0.15) is 12.6 Å². The van der Waals surface area contributed by atoms with Crippen LogP contribution >= 0.6 is 12.6 Å². The Hall–Kier alpha value is -3.05. The number of nitrogens with two attached hydrogens (primary N) is 1. The third-order valence-corrected chi connectivity index (χ3v) is 5.40. The summed E-state index contributed by atoms with van der Waals surface area (Å²) in [5.74, 6) is -2.86. The van der Waals surface area contributed by atoms with Gasteiger partial charge >= 0.3 is 5.97 Å². The van der Waals surface area contributed by atoms with E-state index in [0.717, 1.165) is 16.5 Å². The number of hydrogen-bond acceptors (Lipinski definition) is 6. The van der Waals surface area contributed by atoms with Crippen LogP contribution in [0.2, 0.25) is 0 Å².